The van der Waals surface area contributed by atoms with E-state index in [0.717, 1.165) is 40.0 Å². The number of hydrogen-bond donors (Lipinski definition) is 1. The Hall–Kier alpha value is -3.35. The third-order valence-corrected chi connectivity index (χ3v) is 5.38. The highest BCUT2D eigenvalue weighted by Gasteiger charge is 2.30. The number of para-hydroxylation sites is 1. The molecule has 2 aromatic carbocycles. The third-order valence-electron chi connectivity index (χ3n) is 5.38. The average Bonchev–Trinajstić information content (AvgIpc) is 3.21. The number of carbonyl (C=O) groups is 1. The lowest BCUT2D eigenvalue weighted by Gasteiger charge is -2.24. The Morgan fingerprint density at radius 2 is 1.94 bits per heavy atom. The Balaban J connectivity index is 1.64. The van der Waals surface area contributed by atoms with Crippen LogP contribution in [0.2, 0.25) is 0 Å². The molecule has 7 nitrogen and oxygen atoms in total. The lowest BCUT2D eigenvalue weighted by Crippen LogP contribution is -2.36. The van der Waals surface area contributed by atoms with Crippen molar-refractivity contribution in [3.05, 3.63) is 48.0 Å². The maximum Gasteiger partial charge on any atom is 0.410 e. The van der Waals surface area contributed by atoms with Gasteiger partial charge in [-0.15, -0.1) is 0 Å². The molecule has 1 N–H and O–H groups in total. The fraction of sp³-hybridized carbons (Fsp3) is 0.400. The van der Waals surface area contributed by atoms with Gasteiger partial charge >= 0.3 is 6.09 Å². The van der Waals surface area contributed by atoms with Crippen molar-refractivity contribution < 1.29 is 14.3 Å². The standard InChI is InChI=1S/C25H30N4O3/c1-16-10-11-21(31-5)19(14-16)23-27-20-9-7-6-8-18(20)22(28-23)26-17-12-13-29(15-17)24(30)32-25(2,3)4/h6-11,14,17H,12-13,15H2,1-5H3,(H,26,27,28)/t17-/m0/s1. The summed E-state index contributed by atoms with van der Waals surface area (Å²) >= 11 is 0. The van der Waals surface area contributed by atoms with Crippen LogP contribution in [0.4, 0.5) is 10.6 Å². The Morgan fingerprint density at radius 3 is 2.69 bits per heavy atom. The largest absolute Gasteiger partial charge is 0.496 e. The number of ether oxygens (including phenoxy) is 2. The third kappa shape index (κ3) is 4.77. The zero-order valence-corrected chi connectivity index (χ0v) is 19.3. The molecule has 1 fully saturated rings. The van der Waals surface area contributed by atoms with Gasteiger partial charge in [-0.05, 0) is 58.4 Å². The smallest absolute Gasteiger partial charge is 0.410 e. The highest BCUT2D eigenvalue weighted by molar-refractivity contribution is 5.91. The van der Waals surface area contributed by atoms with Crippen LogP contribution >= 0.6 is 0 Å². The van der Waals surface area contributed by atoms with Crippen LogP contribution in [0.25, 0.3) is 22.3 Å². The van der Waals surface area contributed by atoms with Gasteiger partial charge in [-0.1, -0.05) is 23.8 Å². The van der Waals surface area contributed by atoms with Crippen LogP contribution in [-0.2, 0) is 4.74 Å². The molecule has 4 rings (SSSR count). The second-order valence-electron chi connectivity index (χ2n) is 9.17. The number of nitrogens with zero attached hydrogens (tertiary/aromatic N) is 3. The summed E-state index contributed by atoms with van der Waals surface area (Å²) in [6, 6.07) is 14.0. The quantitative estimate of drug-likeness (QED) is 0.620. The molecule has 1 aromatic heterocycles. The molecule has 1 aliphatic heterocycles. The van der Waals surface area contributed by atoms with Crippen molar-refractivity contribution in [3.8, 4) is 17.1 Å². The van der Waals surface area contributed by atoms with E-state index in [1.165, 1.54) is 0 Å². The number of amides is 1. The van der Waals surface area contributed by atoms with Crippen LogP contribution < -0.4 is 10.1 Å². The second kappa shape index (κ2) is 8.65. The zero-order valence-electron chi connectivity index (χ0n) is 19.3. The molecule has 168 valence electrons. The summed E-state index contributed by atoms with van der Waals surface area (Å²) in [5, 5.41) is 4.50. The Labute approximate surface area is 188 Å². The normalized spacial score (nSPS) is 16.3. The molecule has 1 atom stereocenters. The summed E-state index contributed by atoms with van der Waals surface area (Å²) < 4.78 is 11.1. The van der Waals surface area contributed by atoms with Gasteiger partial charge in [0, 0.05) is 24.5 Å². The average molecular weight is 435 g/mol. The first-order valence-corrected chi connectivity index (χ1v) is 10.9. The molecule has 0 aliphatic carbocycles. The van der Waals surface area contributed by atoms with Gasteiger partial charge < -0.3 is 19.7 Å². The first-order valence-electron chi connectivity index (χ1n) is 10.9. The van der Waals surface area contributed by atoms with Crippen LogP contribution in [-0.4, -0.2) is 52.8 Å². The predicted molar refractivity (Wildman–Crippen MR) is 126 cm³/mol. The fourth-order valence-corrected chi connectivity index (χ4v) is 3.87. The van der Waals surface area contributed by atoms with Crippen molar-refractivity contribution >= 4 is 22.8 Å². The predicted octanol–water partition coefficient (Wildman–Crippen LogP) is 5.04. The molecule has 0 spiro atoms. The van der Waals surface area contributed by atoms with Crippen LogP contribution in [0.5, 0.6) is 5.75 Å². The van der Waals surface area contributed by atoms with E-state index in [0.29, 0.717) is 18.9 Å². The lowest BCUT2D eigenvalue weighted by molar-refractivity contribution is 0.0293. The fourth-order valence-electron chi connectivity index (χ4n) is 3.87. The molecule has 1 amide bonds. The highest BCUT2D eigenvalue weighted by Crippen LogP contribution is 2.32. The van der Waals surface area contributed by atoms with Crippen molar-refractivity contribution in [1.82, 2.24) is 14.9 Å². The number of methoxy groups -OCH3 is 1. The van der Waals surface area contributed by atoms with Crippen molar-refractivity contribution in [2.75, 3.05) is 25.5 Å². The van der Waals surface area contributed by atoms with E-state index in [1.807, 2.05) is 70.2 Å². The maximum atomic E-state index is 12.4. The van der Waals surface area contributed by atoms with Crippen molar-refractivity contribution in [3.63, 3.8) is 0 Å². The first kappa shape index (κ1) is 21.9. The van der Waals surface area contributed by atoms with Gasteiger partial charge in [-0.3, -0.25) is 0 Å². The molecule has 0 unspecified atom stereocenters. The van der Waals surface area contributed by atoms with Crippen molar-refractivity contribution in [2.45, 2.75) is 45.8 Å². The molecule has 2 heterocycles. The number of fused-ring (bicyclic) bond motifs is 1. The SMILES string of the molecule is COc1ccc(C)cc1-c1nc(N[C@H]2CCN(C(=O)OC(C)(C)C)C2)c2ccccc2n1. The van der Waals surface area contributed by atoms with E-state index in [9.17, 15) is 4.79 Å². The summed E-state index contributed by atoms with van der Waals surface area (Å²) in [5.74, 6) is 2.09. The van der Waals surface area contributed by atoms with Gasteiger partial charge in [0.2, 0.25) is 0 Å². The van der Waals surface area contributed by atoms with Crippen molar-refractivity contribution in [2.24, 2.45) is 0 Å². The molecule has 7 heteroatoms. The van der Waals surface area contributed by atoms with Gasteiger partial charge in [0.15, 0.2) is 5.82 Å². The highest BCUT2D eigenvalue weighted by atomic mass is 16.6. The van der Waals surface area contributed by atoms with Crippen LogP contribution in [0.1, 0.15) is 32.8 Å². The minimum Gasteiger partial charge on any atom is -0.496 e. The first-order chi connectivity index (χ1) is 15.2. The number of likely N-dealkylation sites (tertiary alicyclic amines) is 1. The molecule has 0 bridgehead atoms. The summed E-state index contributed by atoms with van der Waals surface area (Å²) in [6.07, 6.45) is 0.542. The second-order valence-corrected chi connectivity index (χ2v) is 9.17. The zero-order chi connectivity index (χ0) is 22.9. The number of nitrogens with one attached hydrogen (secondary N) is 1. The summed E-state index contributed by atoms with van der Waals surface area (Å²) in [5.41, 5.74) is 2.30. The Kier molecular flexibility index (Phi) is 5.91. The Morgan fingerprint density at radius 1 is 1.16 bits per heavy atom. The van der Waals surface area contributed by atoms with Gasteiger partial charge in [-0.2, -0.15) is 0 Å². The van der Waals surface area contributed by atoms with E-state index in [1.54, 1.807) is 12.0 Å². The minimum atomic E-state index is -0.507. The van der Waals surface area contributed by atoms with E-state index < -0.39 is 5.60 Å². The van der Waals surface area contributed by atoms with E-state index in [4.69, 9.17) is 19.4 Å². The minimum absolute atomic E-state index is 0.0769. The number of hydrogen-bond acceptors (Lipinski definition) is 6. The van der Waals surface area contributed by atoms with E-state index in [-0.39, 0.29) is 12.1 Å². The van der Waals surface area contributed by atoms with Gasteiger partial charge in [0.25, 0.3) is 0 Å². The van der Waals surface area contributed by atoms with Gasteiger partial charge in [-0.25, -0.2) is 14.8 Å². The number of benzene rings is 2. The van der Waals surface area contributed by atoms with Crippen LogP contribution in [0, 0.1) is 6.92 Å². The topological polar surface area (TPSA) is 76.6 Å². The number of aryl methyl sites for hydroxylation is 1. The maximum absolute atomic E-state index is 12.4. The van der Waals surface area contributed by atoms with Crippen LogP contribution in [0.3, 0.4) is 0 Å². The summed E-state index contributed by atoms with van der Waals surface area (Å²) in [6.45, 7) is 8.89. The number of anilines is 1. The molecule has 1 aliphatic rings. The molecular formula is C25H30N4O3. The Bertz CT molecular complexity index is 1140. The monoisotopic (exact) mass is 434 g/mol. The van der Waals surface area contributed by atoms with E-state index >= 15 is 0 Å². The number of rotatable bonds is 4. The van der Waals surface area contributed by atoms with Crippen molar-refractivity contribution in [1.29, 1.82) is 0 Å². The van der Waals surface area contributed by atoms with Gasteiger partial charge in [0.1, 0.15) is 17.2 Å². The van der Waals surface area contributed by atoms with Crippen LogP contribution in [0.15, 0.2) is 42.5 Å². The molecular weight excluding hydrogens is 404 g/mol. The van der Waals surface area contributed by atoms with Gasteiger partial charge in [0.05, 0.1) is 18.2 Å². The molecule has 32 heavy (non-hydrogen) atoms. The molecule has 0 radical (unpaired) electrons. The lowest BCUT2D eigenvalue weighted by atomic mass is 10.1. The summed E-state index contributed by atoms with van der Waals surface area (Å²) in [7, 11) is 1.65. The molecule has 1 saturated heterocycles. The van der Waals surface area contributed by atoms with E-state index in [2.05, 4.69) is 5.32 Å². The molecule has 0 saturated carbocycles. The summed E-state index contributed by atoms with van der Waals surface area (Å²) in [4.78, 5) is 23.9. The number of carbonyl (C=O) groups excluding carboxylic acids is 1. The molecule has 3 aromatic rings. The number of aromatic nitrogens is 2.